The van der Waals surface area contributed by atoms with Crippen LogP contribution in [-0.4, -0.2) is 70.9 Å². The van der Waals surface area contributed by atoms with Crippen molar-refractivity contribution in [3.05, 3.63) is 60.4 Å². The molecule has 30 heavy (non-hydrogen) atoms. The third kappa shape index (κ3) is 5.16. The van der Waals surface area contributed by atoms with E-state index in [0.717, 1.165) is 51.3 Å². The first-order chi connectivity index (χ1) is 14.7. The fraction of sp³-hybridized carbons (Fsp3) is 0.435. The summed E-state index contributed by atoms with van der Waals surface area (Å²) >= 11 is 0. The zero-order chi connectivity index (χ0) is 20.8. The van der Waals surface area contributed by atoms with Gasteiger partial charge >= 0.3 is 6.03 Å². The first-order valence-corrected chi connectivity index (χ1v) is 10.7. The molecule has 2 saturated heterocycles. The second-order valence-corrected chi connectivity index (χ2v) is 8.04. The van der Waals surface area contributed by atoms with Crippen molar-refractivity contribution in [3.63, 3.8) is 0 Å². The van der Waals surface area contributed by atoms with Crippen LogP contribution in [0.1, 0.15) is 18.4 Å². The highest BCUT2D eigenvalue weighted by Gasteiger charge is 2.32. The van der Waals surface area contributed by atoms with Crippen LogP contribution in [0.15, 0.2) is 54.9 Å². The van der Waals surface area contributed by atoms with Crippen LogP contribution < -0.4 is 5.32 Å². The summed E-state index contributed by atoms with van der Waals surface area (Å²) in [6, 6.07) is 13.4. The minimum Gasteiger partial charge on any atom is -0.340 e. The Kier molecular flexibility index (Phi) is 6.59. The Hall–Kier alpha value is -2.93. The maximum atomic E-state index is 13.1. The van der Waals surface area contributed by atoms with Crippen molar-refractivity contribution in [3.8, 4) is 0 Å². The number of amides is 3. The summed E-state index contributed by atoms with van der Waals surface area (Å²) in [4.78, 5) is 35.9. The number of piperidine rings is 1. The quantitative estimate of drug-likeness (QED) is 0.846. The van der Waals surface area contributed by atoms with E-state index in [2.05, 4.69) is 15.2 Å². The van der Waals surface area contributed by atoms with E-state index < -0.39 is 0 Å². The van der Waals surface area contributed by atoms with Crippen LogP contribution in [0.25, 0.3) is 0 Å². The van der Waals surface area contributed by atoms with Crippen LogP contribution in [0.2, 0.25) is 0 Å². The zero-order valence-electron chi connectivity index (χ0n) is 17.2. The van der Waals surface area contributed by atoms with Gasteiger partial charge in [-0.05, 0) is 42.7 Å². The second-order valence-electron chi connectivity index (χ2n) is 8.04. The van der Waals surface area contributed by atoms with E-state index in [1.165, 1.54) is 5.56 Å². The highest BCUT2D eigenvalue weighted by atomic mass is 16.2. The monoisotopic (exact) mass is 407 g/mol. The van der Waals surface area contributed by atoms with Gasteiger partial charge in [-0.3, -0.25) is 14.7 Å². The highest BCUT2D eigenvalue weighted by Crippen LogP contribution is 2.21. The molecule has 7 heteroatoms. The minimum atomic E-state index is -0.124. The van der Waals surface area contributed by atoms with E-state index in [1.807, 2.05) is 59.8 Å². The molecule has 1 aromatic carbocycles. The number of benzene rings is 1. The standard InChI is InChI=1S/C23H29N5O2/c29-22(27-15-13-26(14-16-27)17-19-8-10-24-11-9-19)20-5-4-12-28(18-20)23(30)25-21-6-2-1-3-7-21/h1-3,6-11,20H,4-5,12-18H2,(H,25,30). The van der Waals surface area contributed by atoms with Gasteiger partial charge in [0.1, 0.15) is 0 Å². The summed E-state index contributed by atoms with van der Waals surface area (Å²) in [7, 11) is 0. The first-order valence-electron chi connectivity index (χ1n) is 10.7. The Labute approximate surface area is 177 Å². The molecule has 3 amide bonds. The fourth-order valence-corrected chi connectivity index (χ4v) is 4.22. The van der Waals surface area contributed by atoms with Gasteiger partial charge in [0.15, 0.2) is 0 Å². The molecule has 0 radical (unpaired) electrons. The lowest BCUT2D eigenvalue weighted by molar-refractivity contribution is -0.138. The van der Waals surface area contributed by atoms with E-state index in [1.54, 1.807) is 4.90 Å². The molecule has 2 aliphatic rings. The maximum Gasteiger partial charge on any atom is 0.321 e. The van der Waals surface area contributed by atoms with Crippen LogP contribution in [0.4, 0.5) is 10.5 Å². The summed E-state index contributed by atoms with van der Waals surface area (Å²) in [6.07, 6.45) is 5.35. The topological polar surface area (TPSA) is 68.8 Å². The summed E-state index contributed by atoms with van der Waals surface area (Å²) in [5, 5.41) is 2.93. The summed E-state index contributed by atoms with van der Waals surface area (Å²) < 4.78 is 0. The molecule has 2 aliphatic heterocycles. The molecular formula is C23H29N5O2. The molecule has 158 valence electrons. The average Bonchev–Trinajstić information content (AvgIpc) is 2.80. The second kappa shape index (κ2) is 9.71. The molecule has 7 nitrogen and oxygen atoms in total. The number of pyridine rings is 1. The number of aromatic nitrogens is 1. The van der Waals surface area contributed by atoms with E-state index in [9.17, 15) is 9.59 Å². The first kappa shape index (κ1) is 20.3. The molecule has 0 bridgehead atoms. The van der Waals surface area contributed by atoms with Gasteiger partial charge in [0.2, 0.25) is 5.91 Å². The molecule has 4 rings (SSSR count). The van der Waals surface area contributed by atoms with Crippen LogP contribution in [0, 0.1) is 5.92 Å². The zero-order valence-corrected chi connectivity index (χ0v) is 17.2. The van der Waals surface area contributed by atoms with Crippen LogP contribution in [-0.2, 0) is 11.3 Å². The molecule has 0 saturated carbocycles. The Morgan fingerprint density at radius 3 is 2.40 bits per heavy atom. The minimum absolute atomic E-state index is 0.105. The Morgan fingerprint density at radius 1 is 0.933 bits per heavy atom. The van der Waals surface area contributed by atoms with Crippen molar-refractivity contribution < 1.29 is 9.59 Å². The van der Waals surface area contributed by atoms with E-state index in [0.29, 0.717) is 13.1 Å². The number of carbonyl (C=O) groups is 2. The van der Waals surface area contributed by atoms with Crippen molar-refractivity contribution in [2.75, 3.05) is 44.6 Å². The van der Waals surface area contributed by atoms with Crippen molar-refractivity contribution in [1.29, 1.82) is 0 Å². The number of hydrogen-bond donors (Lipinski definition) is 1. The third-order valence-corrected chi connectivity index (χ3v) is 5.92. The Bertz CT molecular complexity index is 837. The van der Waals surface area contributed by atoms with Crippen molar-refractivity contribution >= 4 is 17.6 Å². The predicted molar refractivity (Wildman–Crippen MR) is 116 cm³/mol. The molecule has 1 atom stereocenters. The molecule has 1 aromatic heterocycles. The Morgan fingerprint density at radius 2 is 1.67 bits per heavy atom. The smallest absolute Gasteiger partial charge is 0.321 e. The summed E-state index contributed by atoms with van der Waals surface area (Å²) in [5.74, 6) is 0.0859. The van der Waals surface area contributed by atoms with E-state index in [4.69, 9.17) is 0 Å². The van der Waals surface area contributed by atoms with E-state index >= 15 is 0 Å². The molecule has 3 heterocycles. The van der Waals surface area contributed by atoms with Gasteiger partial charge < -0.3 is 15.1 Å². The lowest BCUT2D eigenvalue weighted by Gasteiger charge is -2.39. The lowest BCUT2D eigenvalue weighted by Crippen LogP contribution is -2.53. The SMILES string of the molecule is O=C(Nc1ccccc1)N1CCCC(C(=O)N2CCN(Cc3ccncc3)CC2)C1. The lowest BCUT2D eigenvalue weighted by atomic mass is 9.96. The number of anilines is 1. The molecule has 1 N–H and O–H groups in total. The molecular weight excluding hydrogens is 378 g/mol. The van der Waals surface area contributed by atoms with Gasteiger partial charge in [-0.15, -0.1) is 0 Å². The number of piperazine rings is 1. The van der Waals surface area contributed by atoms with E-state index in [-0.39, 0.29) is 17.9 Å². The van der Waals surface area contributed by atoms with Gasteiger partial charge in [0, 0.05) is 63.9 Å². The third-order valence-electron chi connectivity index (χ3n) is 5.92. The number of urea groups is 1. The normalized spacial score (nSPS) is 20.1. The van der Waals surface area contributed by atoms with Crippen molar-refractivity contribution in [2.24, 2.45) is 5.92 Å². The number of likely N-dealkylation sites (tertiary alicyclic amines) is 1. The van der Waals surface area contributed by atoms with Gasteiger partial charge in [-0.2, -0.15) is 0 Å². The molecule has 0 aliphatic carbocycles. The highest BCUT2D eigenvalue weighted by molar-refractivity contribution is 5.90. The van der Waals surface area contributed by atoms with Gasteiger partial charge in [-0.25, -0.2) is 4.79 Å². The molecule has 2 fully saturated rings. The maximum absolute atomic E-state index is 13.1. The predicted octanol–water partition coefficient (Wildman–Crippen LogP) is 2.67. The number of rotatable bonds is 4. The van der Waals surface area contributed by atoms with Crippen molar-refractivity contribution in [1.82, 2.24) is 19.7 Å². The number of para-hydroxylation sites is 1. The van der Waals surface area contributed by atoms with Gasteiger partial charge in [0.25, 0.3) is 0 Å². The van der Waals surface area contributed by atoms with Crippen LogP contribution in [0.3, 0.4) is 0 Å². The largest absolute Gasteiger partial charge is 0.340 e. The van der Waals surface area contributed by atoms with Gasteiger partial charge in [0.05, 0.1) is 5.92 Å². The molecule has 1 unspecified atom stereocenters. The molecule has 0 spiro atoms. The molecule has 2 aromatic rings. The number of carbonyl (C=O) groups excluding carboxylic acids is 2. The number of hydrogen-bond acceptors (Lipinski definition) is 4. The Balaban J connectivity index is 1.27. The number of nitrogens with zero attached hydrogens (tertiary/aromatic N) is 4. The van der Waals surface area contributed by atoms with Crippen molar-refractivity contribution in [2.45, 2.75) is 19.4 Å². The average molecular weight is 408 g/mol. The van der Waals surface area contributed by atoms with Crippen LogP contribution in [0.5, 0.6) is 0 Å². The van der Waals surface area contributed by atoms with Gasteiger partial charge in [-0.1, -0.05) is 18.2 Å². The van der Waals surface area contributed by atoms with Crippen LogP contribution >= 0.6 is 0 Å². The summed E-state index contributed by atoms with van der Waals surface area (Å²) in [5.41, 5.74) is 2.03. The summed E-state index contributed by atoms with van der Waals surface area (Å²) in [6.45, 7) is 5.32. The number of nitrogens with one attached hydrogen (secondary N) is 1. The fourth-order valence-electron chi connectivity index (χ4n) is 4.22.